The van der Waals surface area contributed by atoms with Crippen LogP contribution in [0.25, 0.3) is 0 Å². The molecule has 1 aromatic rings. The highest BCUT2D eigenvalue weighted by molar-refractivity contribution is 5.39. The van der Waals surface area contributed by atoms with Crippen molar-refractivity contribution in [2.75, 3.05) is 18.0 Å². The largest absolute Gasteiger partial charge is 0.357 e. The first-order valence-electron chi connectivity index (χ1n) is 5.96. The van der Waals surface area contributed by atoms with Gasteiger partial charge in [-0.2, -0.15) is 0 Å². The van der Waals surface area contributed by atoms with Gasteiger partial charge in [0.1, 0.15) is 5.82 Å². The summed E-state index contributed by atoms with van der Waals surface area (Å²) in [4.78, 5) is 6.84. The molecule has 1 aliphatic heterocycles. The number of hydrogen-bond donors (Lipinski definition) is 0. The van der Waals surface area contributed by atoms with Gasteiger partial charge in [0.05, 0.1) is 0 Å². The van der Waals surface area contributed by atoms with Crippen molar-refractivity contribution in [3.05, 3.63) is 23.9 Å². The maximum atomic E-state index is 4.48. The van der Waals surface area contributed by atoms with Gasteiger partial charge < -0.3 is 4.90 Å². The molecule has 0 bridgehead atoms. The Morgan fingerprint density at radius 3 is 2.33 bits per heavy atom. The number of hydrogen-bond acceptors (Lipinski definition) is 2. The van der Waals surface area contributed by atoms with E-state index in [9.17, 15) is 0 Å². The van der Waals surface area contributed by atoms with E-state index in [0.29, 0.717) is 0 Å². The van der Waals surface area contributed by atoms with Gasteiger partial charge in [-0.25, -0.2) is 4.98 Å². The van der Waals surface area contributed by atoms with E-state index in [1.54, 1.807) is 0 Å². The molecule has 1 fully saturated rings. The number of pyridine rings is 1. The quantitative estimate of drug-likeness (QED) is 0.700. The van der Waals surface area contributed by atoms with Crippen LogP contribution in [0, 0.1) is 6.92 Å². The van der Waals surface area contributed by atoms with Gasteiger partial charge in [0.15, 0.2) is 0 Å². The van der Waals surface area contributed by atoms with Crippen LogP contribution >= 0.6 is 0 Å². The zero-order valence-corrected chi connectivity index (χ0v) is 10.2. The fraction of sp³-hybridized carbons (Fsp3) is 0.615. The molecule has 15 heavy (non-hydrogen) atoms. The summed E-state index contributed by atoms with van der Waals surface area (Å²) in [5, 5.41) is 0. The van der Waals surface area contributed by atoms with E-state index in [1.165, 1.54) is 32.4 Å². The average molecular weight is 206 g/mol. The second-order valence-corrected chi connectivity index (χ2v) is 4.04. The summed E-state index contributed by atoms with van der Waals surface area (Å²) in [6, 6.07) is 6.22. The average Bonchev–Trinajstić information content (AvgIpc) is 2.71. The standard InChI is InChI=1S/C10H14N2.C3H8/c1-9-5-4-6-10(11-9)12-7-2-3-8-12;1-3-2/h4-6H,2-3,7-8H2,1H3;3H2,1-2H3. The van der Waals surface area contributed by atoms with Crippen molar-refractivity contribution in [1.82, 2.24) is 4.98 Å². The Bertz CT molecular complexity index is 278. The van der Waals surface area contributed by atoms with E-state index in [-0.39, 0.29) is 0 Å². The van der Waals surface area contributed by atoms with E-state index in [0.717, 1.165) is 11.5 Å². The molecule has 2 heteroatoms. The van der Waals surface area contributed by atoms with E-state index in [2.05, 4.69) is 35.9 Å². The van der Waals surface area contributed by atoms with E-state index in [1.807, 2.05) is 13.0 Å². The lowest BCUT2D eigenvalue weighted by atomic mass is 10.3. The van der Waals surface area contributed by atoms with Crippen LogP contribution in [-0.4, -0.2) is 18.1 Å². The lowest BCUT2D eigenvalue weighted by Crippen LogP contribution is -2.18. The minimum Gasteiger partial charge on any atom is -0.357 e. The SMILES string of the molecule is CCC.Cc1cccc(N2CCCC2)n1. The van der Waals surface area contributed by atoms with Gasteiger partial charge in [-0.3, -0.25) is 0 Å². The van der Waals surface area contributed by atoms with Gasteiger partial charge in [-0.05, 0) is 31.9 Å². The summed E-state index contributed by atoms with van der Waals surface area (Å²) >= 11 is 0. The Morgan fingerprint density at radius 2 is 1.80 bits per heavy atom. The highest BCUT2D eigenvalue weighted by atomic mass is 15.2. The van der Waals surface area contributed by atoms with E-state index < -0.39 is 0 Å². The third-order valence-electron chi connectivity index (χ3n) is 2.30. The summed E-state index contributed by atoms with van der Waals surface area (Å²) < 4.78 is 0. The summed E-state index contributed by atoms with van der Waals surface area (Å²) in [7, 11) is 0. The highest BCUT2D eigenvalue weighted by Crippen LogP contribution is 2.17. The van der Waals surface area contributed by atoms with E-state index in [4.69, 9.17) is 0 Å². The van der Waals surface area contributed by atoms with Gasteiger partial charge in [0, 0.05) is 18.8 Å². The number of rotatable bonds is 1. The molecule has 1 aromatic heterocycles. The molecular weight excluding hydrogens is 184 g/mol. The fourth-order valence-corrected chi connectivity index (χ4v) is 1.65. The molecule has 0 aromatic carbocycles. The number of aryl methyl sites for hydroxylation is 1. The first-order valence-corrected chi connectivity index (χ1v) is 5.96. The maximum absolute atomic E-state index is 4.48. The van der Waals surface area contributed by atoms with Gasteiger partial charge >= 0.3 is 0 Å². The topological polar surface area (TPSA) is 16.1 Å². The fourth-order valence-electron chi connectivity index (χ4n) is 1.65. The number of aromatic nitrogens is 1. The summed E-state index contributed by atoms with van der Waals surface area (Å²) in [5.74, 6) is 1.15. The second kappa shape index (κ2) is 6.44. The molecule has 1 saturated heterocycles. The third-order valence-corrected chi connectivity index (χ3v) is 2.30. The van der Waals surface area contributed by atoms with Crippen molar-refractivity contribution in [2.45, 2.75) is 40.0 Å². The van der Waals surface area contributed by atoms with Crippen LogP contribution in [0.1, 0.15) is 38.8 Å². The van der Waals surface area contributed by atoms with Crippen LogP contribution in [-0.2, 0) is 0 Å². The molecule has 0 radical (unpaired) electrons. The predicted octanol–water partition coefficient (Wildman–Crippen LogP) is 3.41. The molecule has 0 spiro atoms. The summed E-state index contributed by atoms with van der Waals surface area (Å²) in [6.45, 7) is 8.65. The van der Waals surface area contributed by atoms with Crippen LogP contribution in [0.4, 0.5) is 5.82 Å². The van der Waals surface area contributed by atoms with Gasteiger partial charge in [-0.1, -0.05) is 26.3 Å². The molecule has 2 rings (SSSR count). The Balaban J connectivity index is 0.000000337. The van der Waals surface area contributed by atoms with Crippen molar-refractivity contribution < 1.29 is 0 Å². The van der Waals surface area contributed by atoms with Gasteiger partial charge in [-0.15, -0.1) is 0 Å². The normalized spacial score (nSPS) is 14.7. The first kappa shape index (κ1) is 12.0. The maximum Gasteiger partial charge on any atom is 0.128 e. The molecule has 1 aliphatic rings. The van der Waals surface area contributed by atoms with Crippen LogP contribution in [0.3, 0.4) is 0 Å². The van der Waals surface area contributed by atoms with Crippen molar-refractivity contribution in [3.63, 3.8) is 0 Å². The number of nitrogens with zero attached hydrogens (tertiary/aromatic N) is 2. The zero-order chi connectivity index (χ0) is 11.1. The Labute approximate surface area is 93.3 Å². The molecule has 0 amide bonds. The molecule has 0 N–H and O–H groups in total. The molecular formula is C13H22N2. The van der Waals surface area contributed by atoms with Crippen LogP contribution < -0.4 is 4.90 Å². The van der Waals surface area contributed by atoms with Crippen molar-refractivity contribution in [2.24, 2.45) is 0 Å². The Hall–Kier alpha value is -1.05. The Kier molecular flexibility index (Phi) is 5.16. The minimum absolute atomic E-state index is 1.11. The van der Waals surface area contributed by atoms with Crippen LogP contribution in [0.2, 0.25) is 0 Å². The second-order valence-electron chi connectivity index (χ2n) is 4.04. The highest BCUT2D eigenvalue weighted by Gasteiger charge is 2.12. The molecule has 84 valence electrons. The minimum atomic E-state index is 1.11. The van der Waals surface area contributed by atoms with Crippen molar-refractivity contribution in [3.8, 4) is 0 Å². The van der Waals surface area contributed by atoms with Crippen molar-refractivity contribution >= 4 is 5.82 Å². The molecule has 0 unspecified atom stereocenters. The third kappa shape index (κ3) is 3.90. The summed E-state index contributed by atoms with van der Waals surface area (Å²) in [6.07, 6.45) is 3.88. The lowest BCUT2D eigenvalue weighted by Gasteiger charge is -2.15. The number of anilines is 1. The first-order chi connectivity index (χ1) is 7.27. The molecule has 2 heterocycles. The lowest BCUT2D eigenvalue weighted by molar-refractivity contribution is 0.929. The zero-order valence-electron chi connectivity index (χ0n) is 10.2. The van der Waals surface area contributed by atoms with Crippen molar-refractivity contribution in [1.29, 1.82) is 0 Å². The smallest absolute Gasteiger partial charge is 0.128 e. The van der Waals surface area contributed by atoms with Gasteiger partial charge in [0.2, 0.25) is 0 Å². The van der Waals surface area contributed by atoms with Crippen LogP contribution in [0.15, 0.2) is 18.2 Å². The molecule has 0 atom stereocenters. The van der Waals surface area contributed by atoms with Crippen LogP contribution in [0.5, 0.6) is 0 Å². The molecule has 0 aliphatic carbocycles. The summed E-state index contributed by atoms with van der Waals surface area (Å²) in [5.41, 5.74) is 1.11. The monoisotopic (exact) mass is 206 g/mol. The Morgan fingerprint density at radius 1 is 1.20 bits per heavy atom. The van der Waals surface area contributed by atoms with E-state index >= 15 is 0 Å². The molecule has 2 nitrogen and oxygen atoms in total. The predicted molar refractivity (Wildman–Crippen MR) is 66.4 cm³/mol. The molecule has 0 saturated carbocycles. The van der Waals surface area contributed by atoms with Gasteiger partial charge in [0.25, 0.3) is 0 Å².